The van der Waals surface area contributed by atoms with Gasteiger partial charge in [-0.05, 0) is 33.6 Å². The number of amidine groups is 1. The molecule has 0 aliphatic rings. The summed E-state index contributed by atoms with van der Waals surface area (Å²) >= 11 is 3.04. The third-order valence-corrected chi connectivity index (χ3v) is 2.02. The Morgan fingerprint density at radius 1 is 1.58 bits per heavy atom. The summed E-state index contributed by atoms with van der Waals surface area (Å²) in [6, 6.07) is 4.70. The van der Waals surface area contributed by atoms with E-state index in [2.05, 4.69) is 15.9 Å². The van der Waals surface area contributed by atoms with Gasteiger partial charge in [0.25, 0.3) is 0 Å². The van der Waals surface area contributed by atoms with Crippen molar-refractivity contribution >= 4 is 21.8 Å². The summed E-state index contributed by atoms with van der Waals surface area (Å²) in [7, 11) is 0. The van der Waals surface area contributed by atoms with Gasteiger partial charge in [-0.1, -0.05) is 6.07 Å². The first-order chi connectivity index (χ1) is 5.59. The highest BCUT2D eigenvalue weighted by molar-refractivity contribution is 9.10. The fourth-order valence-electron chi connectivity index (χ4n) is 0.870. The van der Waals surface area contributed by atoms with Gasteiger partial charge in [-0.2, -0.15) is 0 Å². The molecule has 0 aliphatic carbocycles. The molecule has 0 aromatic heterocycles. The van der Waals surface area contributed by atoms with Crippen LogP contribution in [0.3, 0.4) is 0 Å². The molecule has 0 heterocycles. The van der Waals surface area contributed by atoms with Gasteiger partial charge in [0.05, 0.1) is 10.3 Å². The molecule has 0 atom stereocenters. The summed E-state index contributed by atoms with van der Waals surface area (Å²) < 4.78 is 13.3. The molecule has 0 unspecified atom stereocenters. The summed E-state index contributed by atoms with van der Waals surface area (Å²) in [5, 5.41) is 7.00. The first-order valence-corrected chi connectivity index (χ1v) is 4.15. The Kier molecular flexibility index (Phi) is 2.81. The average molecular weight is 231 g/mol. The molecule has 0 saturated carbocycles. The summed E-state index contributed by atoms with van der Waals surface area (Å²) in [6.45, 7) is 0. The standard InChI is InChI=1S/C8H8BrFN2/c9-6-2-1-5(3-7(6)10)4-8(11)12/h1-3H,4H2,(H3,11,12). The van der Waals surface area contributed by atoms with Crippen molar-refractivity contribution in [2.45, 2.75) is 6.42 Å². The quantitative estimate of drug-likeness (QED) is 0.594. The molecule has 12 heavy (non-hydrogen) atoms. The highest BCUT2D eigenvalue weighted by atomic mass is 79.9. The second-order valence-electron chi connectivity index (χ2n) is 2.45. The lowest BCUT2D eigenvalue weighted by Gasteiger charge is -2.00. The molecule has 64 valence electrons. The minimum atomic E-state index is -0.325. The van der Waals surface area contributed by atoms with Gasteiger partial charge in [-0.25, -0.2) is 4.39 Å². The van der Waals surface area contributed by atoms with E-state index in [9.17, 15) is 4.39 Å². The van der Waals surface area contributed by atoms with Crippen LogP contribution in [0, 0.1) is 11.2 Å². The maximum Gasteiger partial charge on any atom is 0.137 e. The van der Waals surface area contributed by atoms with Crippen LogP contribution in [-0.2, 0) is 6.42 Å². The summed E-state index contributed by atoms with van der Waals surface area (Å²) in [6.07, 6.45) is 0.296. The Morgan fingerprint density at radius 2 is 2.25 bits per heavy atom. The second kappa shape index (κ2) is 3.67. The van der Waals surface area contributed by atoms with Crippen LogP contribution in [0.25, 0.3) is 0 Å². The van der Waals surface area contributed by atoms with Crippen LogP contribution in [0.2, 0.25) is 0 Å². The van der Waals surface area contributed by atoms with E-state index >= 15 is 0 Å². The topological polar surface area (TPSA) is 49.9 Å². The summed E-state index contributed by atoms with van der Waals surface area (Å²) in [5.74, 6) is -0.287. The minimum absolute atomic E-state index is 0.0386. The van der Waals surface area contributed by atoms with Crippen LogP contribution >= 0.6 is 15.9 Å². The van der Waals surface area contributed by atoms with Crippen molar-refractivity contribution in [3.8, 4) is 0 Å². The van der Waals surface area contributed by atoms with Gasteiger partial charge in [0.2, 0.25) is 0 Å². The molecule has 1 rings (SSSR count). The molecule has 1 aromatic rings. The molecular formula is C8H8BrFN2. The molecule has 4 heteroatoms. The molecule has 2 nitrogen and oxygen atoms in total. The van der Waals surface area contributed by atoms with E-state index in [1.807, 2.05) is 0 Å². The summed E-state index contributed by atoms with van der Waals surface area (Å²) in [5.41, 5.74) is 5.87. The highest BCUT2D eigenvalue weighted by Gasteiger charge is 2.00. The van der Waals surface area contributed by atoms with Gasteiger partial charge >= 0.3 is 0 Å². The normalized spacial score (nSPS) is 9.83. The third kappa shape index (κ3) is 2.30. The smallest absolute Gasteiger partial charge is 0.137 e. The monoisotopic (exact) mass is 230 g/mol. The predicted molar refractivity (Wildman–Crippen MR) is 49.7 cm³/mol. The zero-order valence-electron chi connectivity index (χ0n) is 6.27. The van der Waals surface area contributed by atoms with Gasteiger partial charge in [0.15, 0.2) is 0 Å². The fraction of sp³-hybridized carbons (Fsp3) is 0.125. The predicted octanol–water partition coefficient (Wildman–Crippen LogP) is 2.07. The van der Waals surface area contributed by atoms with Crippen molar-refractivity contribution in [3.05, 3.63) is 34.1 Å². The number of nitrogens with two attached hydrogens (primary N) is 1. The maximum atomic E-state index is 12.9. The first kappa shape index (κ1) is 9.19. The van der Waals surface area contributed by atoms with Crippen LogP contribution in [0.4, 0.5) is 4.39 Å². The van der Waals surface area contributed by atoms with Crippen LogP contribution in [-0.4, -0.2) is 5.84 Å². The number of hydrogen-bond acceptors (Lipinski definition) is 1. The van der Waals surface area contributed by atoms with Crippen LogP contribution < -0.4 is 5.73 Å². The van der Waals surface area contributed by atoms with Crippen molar-refractivity contribution in [1.29, 1.82) is 5.41 Å². The number of rotatable bonds is 2. The van der Waals surface area contributed by atoms with Crippen LogP contribution in [0.15, 0.2) is 22.7 Å². The lowest BCUT2D eigenvalue weighted by molar-refractivity contribution is 0.619. The van der Waals surface area contributed by atoms with Gasteiger partial charge in [-0.15, -0.1) is 0 Å². The first-order valence-electron chi connectivity index (χ1n) is 3.36. The second-order valence-corrected chi connectivity index (χ2v) is 3.30. The van der Waals surface area contributed by atoms with Crippen LogP contribution in [0.5, 0.6) is 0 Å². The van der Waals surface area contributed by atoms with E-state index < -0.39 is 0 Å². The molecule has 0 saturated heterocycles. The Hall–Kier alpha value is -0.900. The molecular weight excluding hydrogens is 223 g/mol. The van der Waals surface area contributed by atoms with Crippen molar-refractivity contribution in [1.82, 2.24) is 0 Å². The molecule has 3 N–H and O–H groups in total. The molecule has 0 bridgehead atoms. The lowest BCUT2D eigenvalue weighted by Crippen LogP contribution is -2.12. The third-order valence-electron chi connectivity index (χ3n) is 1.38. The van der Waals surface area contributed by atoms with E-state index in [-0.39, 0.29) is 11.7 Å². The van der Waals surface area contributed by atoms with Crippen molar-refractivity contribution < 1.29 is 4.39 Å². The van der Waals surface area contributed by atoms with Gasteiger partial charge in [0, 0.05) is 6.42 Å². The number of nitrogens with one attached hydrogen (secondary N) is 1. The Labute approximate surface area is 78.2 Å². The maximum absolute atomic E-state index is 12.9. The van der Waals surface area contributed by atoms with Gasteiger partial charge < -0.3 is 5.73 Å². The van der Waals surface area contributed by atoms with Crippen LogP contribution in [0.1, 0.15) is 5.56 Å². The van der Waals surface area contributed by atoms with Gasteiger partial charge in [0.1, 0.15) is 5.82 Å². The number of hydrogen-bond donors (Lipinski definition) is 2. The molecule has 1 aromatic carbocycles. The Bertz CT molecular complexity index is 312. The largest absolute Gasteiger partial charge is 0.387 e. The zero-order chi connectivity index (χ0) is 9.14. The van der Waals surface area contributed by atoms with Gasteiger partial charge in [-0.3, -0.25) is 5.41 Å². The average Bonchev–Trinajstić information content (AvgIpc) is 1.96. The molecule has 0 fully saturated rings. The fourth-order valence-corrected chi connectivity index (χ4v) is 1.12. The molecule has 0 spiro atoms. The lowest BCUT2D eigenvalue weighted by atomic mass is 10.1. The molecule has 0 aliphatic heterocycles. The van der Waals surface area contributed by atoms with Crippen molar-refractivity contribution in [2.75, 3.05) is 0 Å². The van der Waals surface area contributed by atoms with Crippen molar-refractivity contribution in [3.63, 3.8) is 0 Å². The molecule has 0 radical (unpaired) electrons. The Balaban J connectivity index is 2.89. The minimum Gasteiger partial charge on any atom is -0.387 e. The van der Waals surface area contributed by atoms with E-state index in [0.717, 1.165) is 0 Å². The van der Waals surface area contributed by atoms with Crippen molar-refractivity contribution in [2.24, 2.45) is 5.73 Å². The van der Waals surface area contributed by atoms with E-state index in [1.165, 1.54) is 6.07 Å². The SMILES string of the molecule is N=C(N)Cc1ccc(Br)c(F)c1. The molecule has 0 amide bonds. The van der Waals surface area contributed by atoms with E-state index in [1.54, 1.807) is 12.1 Å². The van der Waals surface area contributed by atoms with E-state index in [0.29, 0.717) is 16.5 Å². The summed E-state index contributed by atoms with van der Waals surface area (Å²) in [4.78, 5) is 0. The highest BCUT2D eigenvalue weighted by Crippen LogP contribution is 2.16. The Morgan fingerprint density at radius 3 is 2.75 bits per heavy atom. The zero-order valence-corrected chi connectivity index (χ0v) is 7.86. The van der Waals surface area contributed by atoms with E-state index in [4.69, 9.17) is 11.1 Å². The number of benzene rings is 1. The number of halogens is 2.